The van der Waals surface area contributed by atoms with E-state index < -0.39 is 0 Å². The van der Waals surface area contributed by atoms with Crippen molar-refractivity contribution >= 4 is 45.0 Å². The highest BCUT2D eigenvalue weighted by Crippen LogP contribution is 2.28. The van der Waals surface area contributed by atoms with E-state index in [1.165, 1.54) is 0 Å². The van der Waals surface area contributed by atoms with E-state index in [4.69, 9.17) is 11.6 Å². The number of benzene rings is 2. The first-order valence-electron chi connectivity index (χ1n) is 6.55. The second kappa shape index (κ2) is 4.75. The maximum atomic E-state index is 5.90. The van der Waals surface area contributed by atoms with Gasteiger partial charge in [0.15, 0.2) is 5.82 Å². The molecule has 0 unspecified atom stereocenters. The first-order chi connectivity index (χ1) is 10.3. The maximum absolute atomic E-state index is 5.90. The first-order valence-corrected chi connectivity index (χ1v) is 6.93. The monoisotopic (exact) mass is 294 g/mol. The highest BCUT2D eigenvalue weighted by molar-refractivity contribution is 6.30. The average molecular weight is 295 g/mol. The van der Waals surface area contributed by atoms with Crippen LogP contribution in [0.1, 0.15) is 0 Å². The molecule has 0 amide bonds. The van der Waals surface area contributed by atoms with Gasteiger partial charge in [-0.2, -0.15) is 0 Å². The minimum Gasteiger partial charge on any atom is -0.350 e. The van der Waals surface area contributed by atoms with Crippen molar-refractivity contribution in [2.24, 2.45) is 0 Å². The lowest BCUT2D eigenvalue weighted by Crippen LogP contribution is -1.95. The zero-order chi connectivity index (χ0) is 14.2. The predicted molar refractivity (Wildman–Crippen MR) is 86.1 cm³/mol. The number of nitrogens with zero attached hydrogens (tertiary/aromatic N) is 2. The third-order valence-corrected chi connectivity index (χ3v) is 3.65. The molecule has 4 nitrogen and oxygen atoms in total. The third kappa shape index (κ3) is 2.10. The molecule has 4 aromatic rings. The van der Waals surface area contributed by atoms with Gasteiger partial charge in [0, 0.05) is 21.6 Å². The van der Waals surface area contributed by atoms with Gasteiger partial charge in [0.1, 0.15) is 17.4 Å². The summed E-state index contributed by atoms with van der Waals surface area (Å²) in [4.78, 5) is 12.1. The van der Waals surface area contributed by atoms with E-state index >= 15 is 0 Å². The van der Waals surface area contributed by atoms with Crippen LogP contribution < -0.4 is 5.32 Å². The number of nitrogens with one attached hydrogen (secondary N) is 2. The van der Waals surface area contributed by atoms with Gasteiger partial charge < -0.3 is 10.3 Å². The summed E-state index contributed by atoms with van der Waals surface area (Å²) in [6.07, 6.45) is 1.57. The summed E-state index contributed by atoms with van der Waals surface area (Å²) in [5, 5.41) is 5.09. The van der Waals surface area contributed by atoms with E-state index in [2.05, 4.69) is 20.3 Å². The molecule has 0 radical (unpaired) electrons. The van der Waals surface area contributed by atoms with Crippen molar-refractivity contribution in [3.05, 3.63) is 59.9 Å². The standard InChI is InChI=1S/C16H11ClN4/c17-10-5-7-11(8-6-10)20-16-15-14(18-9-19-16)12-3-1-2-4-13(12)21-15/h1-9,21H,(H,18,19,20). The van der Waals surface area contributed by atoms with Crippen molar-refractivity contribution in [3.8, 4) is 0 Å². The van der Waals surface area contributed by atoms with Crippen LogP contribution in [0.3, 0.4) is 0 Å². The molecule has 0 aliphatic rings. The largest absolute Gasteiger partial charge is 0.350 e. The number of rotatable bonds is 2. The Morgan fingerprint density at radius 3 is 2.62 bits per heavy atom. The first kappa shape index (κ1) is 12.2. The molecule has 0 saturated heterocycles. The molecule has 0 bridgehead atoms. The van der Waals surface area contributed by atoms with Gasteiger partial charge in [0.2, 0.25) is 0 Å². The summed E-state index contributed by atoms with van der Waals surface area (Å²) in [6, 6.07) is 15.6. The second-order valence-corrected chi connectivity index (χ2v) is 5.18. The number of aromatic nitrogens is 3. The summed E-state index contributed by atoms with van der Waals surface area (Å²) >= 11 is 5.90. The van der Waals surface area contributed by atoms with E-state index in [-0.39, 0.29) is 0 Å². The number of anilines is 2. The van der Waals surface area contributed by atoms with Gasteiger partial charge in [-0.1, -0.05) is 29.8 Å². The fraction of sp³-hybridized carbons (Fsp3) is 0. The van der Waals surface area contributed by atoms with Gasteiger partial charge in [-0.3, -0.25) is 0 Å². The van der Waals surface area contributed by atoms with Crippen LogP contribution in [0, 0.1) is 0 Å². The fourth-order valence-corrected chi connectivity index (χ4v) is 2.53. The van der Waals surface area contributed by atoms with Crippen molar-refractivity contribution in [1.29, 1.82) is 0 Å². The van der Waals surface area contributed by atoms with Crippen LogP contribution in [0.4, 0.5) is 11.5 Å². The smallest absolute Gasteiger partial charge is 0.158 e. The van der Waals surface area contributed by atoms with Crippen LogP contribution in [0.5, 0.6) is 0 Å². The molecule has 0 spiro atoms. The highest BCUT2D eigenvalue weighted by atomic mass is 35.5. The zero-order valence-electron chi connectivity index (χ0n) is 11.0. The van der Waals surface area contributed by atoms with Crippen LogP contribution in [0.15, 0.2) is 54.9 Å². The van der Waals surface area contributed by atoms with Gasteiger partial charge in [-0.25, -0.2) is 9.97 Å². The average Bonchev–Trinajstić information content (AvgIpc) is 2.89. The Balaban J connectivity index is 1.86. The van der Waals surface area contributed by atoms with Crippen molar-refractivity contribution in [1.82, 2.24) is 15.0 Å². The quantitative estimate of drug-likeness (QED) is 0.572. The Morgan fingerprint density at radius 2 is 1.76 bits per heavy atom. The van der Waals surface area contributed by atoms with Gasteiger partial charge in [-0.05, 0) is 30.3 Å². The number of fused-ring (bicyclic) bond motifs is 3. The van der Waals surface area contributed by atoms with Crippen molar-refractivity contribution < 1.29 is 0 Å². The van der Waals surface area contributed by atoms with Gasteiger partial charge in [-0.15, -0.1) is 0 Å². The molecule has 2 aromatic heterocycles. The maximum Gasteiger partial charge on any atom is 0.158 e. The Morgan fingerprint density at radius 1 is 0.952 bits per heavy atom. The molecule has 0 aliphatic carbocycles. The van der Waals surface area contributed by atoms with Crippen LogP contribution in [0.25, 0.3) is 21.9 Å². The lowest BCUT2D eigenvalue weighted by Gasteiger charge is -2.06. The molecule has 0 aliphatic heterocycles. The summed E-state index contributed by atoms with van der Waals surface area (Å²) in [5.41, 5.74) is 3.79. The molecule has 5 heteroatoms. The molecule has 4 rings (SSSR count). The summed E-state index contributed by atoms with van der Waals surface area (Å²) in [7, 11) is 0. The lowest BCUT2D eigenvalue weighted by atomic mass is 10.2. The SMILES string of the molecule is Clc1ccc(Nc2ncnc3c2[nH]c2ccccc23)cc1. The summed E-state index contributed by atoms with van der Waals surface area (Å²) in [6.45, 7) is 0. The Labute approximate surface area is 125 Å². The number of para-hydroxylation sites is 1. The van der Waals surface area contributed by atoms with Gasteiger partial charge in [0.25, 0.3) is 0 Å². The van der Waals surface area contributed by atoms with Crippen molar-refractivity contribution in [2.75, 3.05) is 5.32 Å². The molecule has 102 valence electrons. The Hall–Kier alpha value is -2.59. The number of H-pyrrole nitrogens is 1. The second-order valence-electron chi connectivity index (χ2n) is 4.75. The zero-order valence-corrected chi connectivity index (χ0v) is 11.7. The predicted octanol–water partition coefficient (Wildman–Crippen LogP) is 4.51. The Kier molecular flexibility index (Phi) is 2.75. The van der Waals surface area contributed by atoms with Crippen molar-refractivity contribution in [2.45, 2.75) is 0 Å². The molecule has 0 fully saturated rings. The summed E-state index contributed by atoms with van der Waals surface area (Å²) < 4.78 is 0. The van der Waals surface area contributed by atoms with E-state index in [0.29, 0.717) is 5.02 Å². The van der Waals surface area contributed by atoms with Crippen LogP contribution in [-0.4, -0.2) is 15.0 Å². The lowest BCUT2D eigenvalue weighted by molar-refractivity contribution is 1.22. The Bertz CT molecular complexity index is 928. The van der Waals surface area contributed by atoms with E-state index in [1.54, 1.807) is 6.33 Å². The molecule has 0 saturated carbocycles. The molecule has 2 heterocycles. The van der Waals surface area contributed by atoms with Crippen LogP contribution >= 0.6 is 11.6 Å². The van der Waals surface area contributed by atoms with Gasteiger partial charge >= 0.3 is 0 Å². The summed E-state index contributed by atoms with van der Waals surface area (Å²) in [5.74, 6) is 0.749. The molecule has 2 N–H and O–H groups in total. The molecule has 21 heavy (non-hydrogen) atoms. The number of hydrogen-bond donors (Lipinski definition) is 2. The van der Waals surface area contributed by atoms with E-state index in [1.807, 2.05) is 48.5 Å². The van der Waals surface area contributed by atoms with E-state index in [9.17, 15) is 0 Å². The normalized spacial score (nSPS) is 11.1. The minimum absolute atomic E-state index is 0.707. The molecular weight excluding hydrogens is 284 g/mol. The molecule has 0 atom stereocenters. The molecular formula is C16H11ClN4. The van der Waals surface area contributed by atoms with Crippen LogP contribution in [-0.2, 0) is 0 Å². The number of aromatic amines is 1. The number of halogens is 1. The topological polar surface area (TPSA) is 53.6 Å². The minimum atomic E-state index is 0.707. The molecule has 2 aromatic carbocycles. The van der Waals surface area contributed by atoms with Gasteiger partial charge in [0.05, 0.1) is 0 Å². The highest BCUT2D eigenvalue weighted by Gasteiger charge is 2.10. The van der Waals surface area contributed by atoms with E-state index in [0.717, 1.165) is 33.4 Å². The fourth-order valence-electron chi connectivity index (χ4n) is 2.41. The van der Waals surface area contributed by atoms with Crippen molar-refractivity contribution in [3.63, 3.8) is 0 Å². The number of hydrogen-bond acceptors (Lipinski definition) is 3. The third-order valence-electron chi connectivity index (χ3n) is 3.40. The van der Waals surface area contributed by atoms with Crippen LogP contribution in [0.2, 0.25) is 5.02 Å².